The minimum absolute atomic E-state index is 0.278. The van der Waals surface area contributed by atoms with E-state index in [9.17, 15) is 9.59 Å². The molecule has 5 nitrogen and oxygen atoms in total. The number of benzene rings is 2. The van der Waals surface area contributed by atoms with Crippen molar-refractivity contribution < 1.29 is 14.3 Å². The third-order valence-electron chi connectivity index (χ3n) is 3.84. The summed E-state index contributed by atoms with van der Waals surface area (Å²) in [5.74, 6) is -0.181. The van der Waals surface area contributed by atoms with Gasteiger partial charge >= 0.3 is 12.0 Å². The summed E-state index contributed by atoms with van der Waals surface area (Å²) in [5, 5.41) is 5.65. The molecule has 2 rings (SSSR count). The zero-order valence-corrected chi connectivity index (χ0v) is 15.1. The molecule has 0 saturated carbocycles. The second kappa shape index (κ2) is 8.33. The lowest BCUT2D eigenvalue weighted by Gasteiger charge is -2.17. The number of carbonyl (C=O) groups is 2. The van der Waals surface area contributed by atoms with Gasteiger partial charge < -0.3 is 15.4 Å². The van der Waals surface area contributed by atoms with E-state index in [0.717, 1.165) is 16.8 Å². The van der Waals surface area contributed by atoms with Crippen LogP contribution in [0.4, 0.5) is 16.2 Å². The Bertz CT molecular complexity index is 769. The zero-order valence-electron chi connectivity index (χ0n) is 15.1. The summed E-state index contributed by atoms with van der Waals surface area (Å²) in [6, 6.07) is 12.3. The van der Waals surface area contributed by atoms with Crippen LogP contribution in [0.15, 0.2) is 42.5 Å². The minimum Gasteiger partial charge on any atom is -0.462 e. The van der Waals surface area contributed by atoms with E-state index in [2.05, 4.69) is 24.5 Å². The molecule has 0 bridgehead atoms. The number of aryl methyl sites for hydroxylation is 1. The third-order valence-corrected chi connectivity index (χ3v) is 3.84. The molecule has 0 spiro atoms. The van der Waals surface area contributed by atoms with Crippen molar-refractivity contribution in [2.45, 2.75) is 33.6 Å². The highest BCUT2D eigenvalue weighted by Crippen LogP contribution is 2.27. The van der Waals surface area contributed by atoms with Gasteiger partial charge in [-0.25, -0.2) is 9.59 Å². The normalized spacial score (nSPS) is 10.4. The van der Waals surface area contributed by atoms with Gasteiger partial charge in [-0.3, -0.25) is 0 Å². The van der Waals surface area contributed by atoms with Gasteiger partial charge in [-0.05, 0) is 43.0 Å². The number of esters is 1. The highest BCUT2D eigenvalue weighted by molar-refractivity contribution is 6.05. The lowest BCUT2D eigenvalue weighted by atomic mass is 9.98. The summed E-state index contributed by atoms with van der Waals surface area (Å²) in [7, 11) is 0. The predicted octanol–water partition coefficient (Wildman–Crippen LogP) is 4.94. The first-order valence-electron chi connectivity index (χ1n) is 8.37. The number of hydrogen-bond acceptors (Lipinski definition) is 3. The summed E-state index contributed by atoms with van der Waals surface area (Å²) >= 11 is 0. The quantitative estimate of drug-likeness (QED) is 0.758. The first-order chi connectivity index (χ1) is 11.9. The fraction of sp³-hybridized carbons (Fsp3) is 0.300. The lowest BCUT2D eigenvalue weighted by molar-refractivity contribution is 0.0527. The molecule has 5 heteroatoms. The monoisotopic (exact) mass is 340 g/mol. The smallest absolute Gasteiger partial charge is 0.340 e. The topological polar surface area (TPSA) is 67.4 Å². The van der Waals surface area contributed by atoms with E-state index >= 15 is 0 Å². The van der Waals surface area contributed by atoms with Crippen LogP contribution >= 0.6 is 0 Å². The lowest BCUT2D eigenvalue weighted by Crippen LogP contribution is -2.22. The van der Waals surface area contributed by atoms with Gasteiger partial charge in [0, 0.05) is 5.69 Å². The van der Waals surface area contributed by atoms with Gasteiger partial charge in [-0.15, -0.1) is 0 Å². The average Bonchev–Trinajstić information content (AvgIpc) is 2.57. The molecule has 0 aliphatic carbocycles. The molecule has 0 aromatic heterocycles. The number of nitrogens with one attached hydrogen (secondary N) is 2. The van der Waals surface area contributed by atoms with Crippen molar-refractivity contribution >= 4 is 23.4 Å². The maximum atomic E-state index is 12.5. The number of para-hydroxylation sites is 2. The van der Waals surface area contributed by atoms with Crippen LogP contribution in [0.3, 0.4) is 0 Å². The molecular weight excluding hydrogens is 316 g/mol. The van der Waals surface area contributed by atoms with E-state index in [1.807, 2.05) is 25.1 Å². The van der Waals surface area contributed by atoms with Gasteiger partial charge in [-0.2, -0.15) is 0 Å². The average molecular weight is 340 g/mol. The van der Waals surface area contributed by atoms with Gasteiger partial charge in [0.05, 0.1) is 17.9 Å². The van der Waals surface area contributed by atoms with Crippen LogP contribution in [0, 0.1) is 6.92 Å². The number of ether oxygens (including phenoxy) is 1. The first-order valence-corrected chi connectivity index (χ1v) is 8.37. The second-order valence-electron chi connectivity index (χ2n) is 6.04. The zero-order chi connectivity index (χ0) is 18.4. The maximum Gasteiger partial charge on any atom is 0.340 e. The molecule has 0 saturated heterocycles. The van der Waals surface area contributed by atoms with E-state index in [4.69, 9.17) is 4.74 Å². The van der Waals surface area contributed by atoms with Crippen molar-refractivity contribution in [3.8, 4) is 0 Å². The molecule has 2 aromatic carbocycles. The number of anilines is 2. The first kappa shape index (κ1) is 18.5. The number of hydrogen-bond donors (Lipinski definition) is 2. The number of carbonyl (C=O) groups excluding carboxylic acids is 2. The Morgan fingerprint density at radius 1 is 1.04 bits per heavy atom. The van der Waals surface area contributed by atoms with E-state index in [1.54, 1.807) is 31.2 Å². The van der Waals surface area contributed by atoms with Crippen molar-refractivity contribution in [2.75, 3.05) is 17.2 Å². The molecular formula is C20H24N2O3. The van der Waals surface area contributed by atoms with Crippen LogP contribution < -0.4 is 10.6 Å². The molecule has 2 amide bonds. The van der Waals surface area contributed by atoms with Gasteiger partial charge in [0.15, 0.2) is 0 Å². The Hall–Kier alpha value is -2.82. The van der Waals surface area contributed by atoms with E-state index in [1.165, 1.54) is 0 Å². The molecule has 0 fully saturated rings. The van der Waals surface area contributed by atoms with Crippen molar-refractivity contribution in [3.05, 3.63) is 59.2 Å². The Morgan fingerprint density at radius 3 is 2.44 bits per heavy atom. The highest BCUT2D eigenvalue weighted by Gasteiger charge is 2.16. The summed E-state index contributed by atoms with van der Waals surface area (Å²) < 4.78 is 5.03. The number of urea groups is 1. The Kier molecular flexibility index (Phi) is 6.17. The molecule has 2 aromatic rings. The SMILES string of the molecule is CCOC(=O)c1ccccc1NC(=O)Nc1c(C)cccc1C(C)C. The fourth-order valence-electron chi connectivity index (χ4n) is 2.59. The summed E-state index contributed by atoms with van der Waals surface area (Å²) in [6.07, 6.45) is 0. The molecule has 0 radical (unpaired) electrons. The number of rotatable bonds is 5. The van der Waals surface area contributed by atoms with Crippen LogP contribution in [0.1, 0.15) is 48.2 Å². The molecule has 0 unspecified atom stereocenters. The molecule has 2 N–H and O–H groups in total. The molecule has 0 aliphatic heterocycles. The van der Waals surface area contributed by atoms with Gasteiger partial charge in [0.2, 0.25) is 0 Å². The molecule has 0 heterocycles. The van der Waals surface area contributed by atoms with Crippen molar-refractivity contribution in [2.24, 2.45) is 0 Å². The number of amides is 2. The summed E-state index contributed by atoms with van der Waals surface area (Å²) in [6.45, 7) is 8.13. The van der Waals surface area contributed by atoms with Crippen LogP contribution in [-0.4, -0.2) is 18.6 Å². The fourth-order valence-corrected chi connectivity index (χ4v) is 2.59. The third kappa shape index (κ3) is 4.59. The second-order valence-corrected chi connectivity index (χ2v) is 6.04. The van der Waals surface area contributed by atoms with Crippen molar-refractivity contribution in [1.82, 2.24) is 0 Å². The van der Waals surface area contributed by atoms with E-state index in [-0.39, 0.29) is 12.5 Å². The summed E-state index contributed by atoms with van der Waals surface area (Å²) in [4.78, 5) is 24.5. The van der Waals surface area contributed by atoms with Crippen molar-refractivity contribution in [3.63, 3.8) is 0 Å². The van der Waals surface area contributed by atoms with Crippen molar-refractivity contribution in [1.29, 1.82) is 0 Å². The standard InChI is InChI=1S/C20H24N2O3/c1-5-25-19(23)16-10-6-7-12-17(16)21-20(24)22-18-14(4)9-8-11-15(18)13(2)3/h6-13H,5H2,1-4H3,(H2,21,22,24). The van der Waals surface area contributed by atoms with Gasteiger partial charge in [-0.1, -0.05) is 44.2 Å². The van der Waals surface area contributed by atoms with E-state index in [0.29, 0.717) is 11.3 Å². The predicted molar refractivity (Wildman–Crippen MR) is 100 cm³/mol. The Morgan fingerprint density at radius 2 is 1.76 bits per heavy atom. The maximum absolute atomic E-state index is 12.5. The Labute approximate surface area is 148 Å². The Balaban J connectivity index is 2.21. The highest BCUT2D eigenvalue weighted by atomic mass is 16.5. The van der Waals surface area contributed by atoms with Crippen LogP contribution in [0.2, 0.25) is 0 Å². The van der Waals surface area contributed by atoms with Crippen LogP contribution in [0.25, 0.3) is 0 Å². The molecule has 0 atom stereocenters. The minimum atomic E-state index is -0.461. The van der Waals surface area contributed by atoms with E-state index < -0.39 is 12.0 Å². The molecule has 25 heavy (non-hydrogen) atoms. The molecule has 0 aliphatic rings. The molecule has 132 valence electrons. The van der Waals surface area contributed by atoms with Crippen LogP contribution in [-0.2, 0) is 4.74 Å². The van der Waals surface area contributed by atoms with Crippen LogP contribution in [0.5, 0.6) is 0 Å². The summed E-state index contributed by atoms with van der Waals surface area (Å²) in [5.41, 5.74) is 3.59. The van der Waals surface area contributed by atoms with Gasteiger partial charge in [0.1, 0.15) is 0 Å². The largest absolute Gasteiger partial charge is 0.462 e. The van der Waals surface area contributed by atoms with Gasteiger partial charge in [0.25, 0.3) is 0 Å².